The number of nitrogens with one attached hydrogen (secondary N) is 1. The second kappa shape index (κ2) is 5.05. The molecule has 1 aromatic heterocycles. The maximum absolute atomic E-state index is 12.3. The Balaban J connectivity index is 1.77. The summed E-state index contributed by atoms with van der Waals surface area (Å²) in [4.78, 5) is 18.3. The molecule has 1 aromatic carbocycles. The van der Waals surface area contributed by atoms with Crippen LogP contribution in [-0.4, -0.2) is 45.1 Å². The first kappa shape index (κ1) is 12.8. The maximum Gasteiger partial charge on any atom is 0.253 e. The number of hydrogen-bond acceptors (Lipinski definition) is 4. The first-order valence-electron chi connectivity index (χ1n) is 6.68. The predicted molar refractivity (Wildman–Crippen MR) is 75.1 cm³/mol. The van der Waals surface area contributed by atoms with Crippen molar-refractivity contribution in [3.8, 4) is 11.4 Å². The second-order valence-corrected chi connectivity index (χ2v) is 5.12. The molecule has 1 saturated heterocycles. The number of H-pyrrole nitrogens is 1. The largest absolute Gasteiger partial charge is 0.337 e. The molecule has 20 heavy (non-hydrogen) atoms. The Kier molecular flexibility index (Phi) is 3.23. The van der Waals surface area contributed by atoms with E-state index in [-0.39, 0.29) is 11.9 Å². The molecule has 1 aliphatic heterocycles. The van der Waals surface area contributed by atoms with E-state index in [1.54, 1.807) is 4.90 Å². The van der Waals surface area contributed by atoms with Crippen LogP contribution in [-0.2, 0) is 0 Å². The monoisotopic (exact) mass is 271 g/mol. The highest BCUT2D eigenvalue weighted by Crippen LogP contribution is 2.18. The third-order valence-corrected chi connectivity index (χ3v) is 3.50. The fraction of sp³-hybridized carbons (Fsp3) is 0.357. The van der Waals surface area contributed by atoms with Crippen molar-refractivity contribution >= 4 is 5.91 Å². The van der Waals surface area contributed by atoms with Crippen molar-refractivity contribution in [1.82, 2.24) is 20.1 Å². The lowest BCUT2D eigenvalue weighted by Gasteiger charge is -2.15. The van der Waals surface area contributed by atoms with Gasteiger partial charge in [0.05, 0.1) is 0 Å². The molecule has 1 amide bonds. The van der Waals surface area contributed by atoms with Crippen molar-refractivity contribution in [2.45, 2.75) is 19.4 Å². The molecule has 0 aliphatic carbocycles. The smallest absolute Gasteiger partial charge is 0.253 e. The molecule has 6 heteroatoms. The van der Waals surface area contributed by atoms with Crippen molar-refractivity contribution in [2.24, 2.45) is 5.73 Å². The van der Waals surface area contributed by atoms with Crippen molar-refractivity contribution < 1.29 is 4.79 Å². The number of benzene rings is 1. The van der Waals surface area contributed by atoms with Gasteiger partial charge in [0.15, 0.2) is 5.82 Å². The molecular weight excluding hydrogens is 254 g/mol. The molecule has 0 bridgehead atoms. The quantitative estimate of drug-likeness (QED) is 0.851. The summed E-state index contributed by atoms with van der Waals surface area (Å²) >= 11 is 0. The molecular formula is C14H17N5O. The minimum absolute atomic E-state index is 0.0377. The van der Waals surface area contributed by atoms with E-state index in [0.717, 1.165) is 24.4 Å². The average molecular weight is 271 g/mol. The van der Waals surface area contributed by atoms with Gasteiger partial charge in [-0.15, -0.1) is 0 Å². The van der Waals surface area contributed by atoms with Crippen molar-refractivity contribution in [1.29, 1.82) is 0 Å². The summed E-state index contributed by atoms with van der Waals surface area (Å²) < 4.78 is 0. The summed E-state index contributed by atoms with van der Waals surface area (Å²) in [7, 11) is 0. The Morgan fingerprint density at radius 2 is 2.15 bits per heavy atom. The van der Waals surface area contributed by atoms with Crippen LogP contribution >= 0.6 is 0 Å². The van der Waals surface area contributed by atoms with Crippen LogP contribution in [0, 0.1) is 6.92 Å². The molecule has 104 valence electrons. The van der Waals surface area contributed by atoms with E-state index >= 15 is 0 Å². The number of nitrogens with zero attached hydrogens (tertiary/aromatic N) is 3. The third-order valence-electron chi connectivity index (χ3n) is 3.50. The van der Waals surface area contributed by atoms with Gasteiger partial charge in [-0.1, -0.05) is 12.1 Å². The SMILES string of the molecule is Cc1nc(-c2ccc(C(=O)N3CC[C@@H](N)C3)cc2)n[nH]1. The van der Waals surface area contributed by atoms with E-state index in [1.165, 1.54) is 0 Å². The molecule has 1 atom stereocenters. The highest BCUT2D eigenvalue weighted by atomic mass is 16.2. The predicted octanol–water partition coefficient (Wildman–Crippen LogP) is 0.953. The third kappa shape index (κ3) is 2.42. The van der Waals surface area contributed by atoms with Gasteiger partial charge in [0.25, 0.3) is 5.91 Å². The molecule has 6 nitrogen and oxygen atoms in total. The second-order valence-electron chi connectivity index (χ2n) is 5.12. The molecule has 1 fully saturated rings. The summed E-state index contributed by atoms with van der Waals surface area (Å²) in [6.07, 6.45) is 0.875. The van der Waals surface area contributed by atoms with Crippen molar-refractivity contribution in [2.75, 3.05) is 13.1 Å². The van der Waals surface area contributed by atoms with Crippen LogP contribution in [0.2, 0.25) is 0 Å². The number of hydrogen-bond donors (Lipinski definition) is 2. The van der Waals surface area contributed by atoms with E-state index in [1.807, 2.05) is 31.2 Å². The van der Waals surface area contributed by atoms with Gasteiger partial charge in [0.2, 0.25) is 0 Å². The normalized spacial score (nSPS) is 18.5. The molecule has 1 aliphatic rings. The van der Waals surface area contributed by atoms with Gasteiger partial charge in [0.1, 0.15) is 5.82 Å². The zero-order chi connectivity index (χ0) is 14.1. The Morgan fingerprint density at radius 1 is 1.40 bits per heavy atom. The standard InChI is InChI=1S/C14H17N5O/c1-9-16-13(18-17-9)10-2-4-11(5-3-10)14(20)19-7-6-12(15)8-19/h2-5,12H,6-8,15H2,1H3,(H,16,17,18)/t12-/m1/s1. The number of carbonyl (C=O) groups is 1. The number of aryl methyl sites for hydroxylation is 1. The van der Waals surface area contributed by atoms with Gasteiger partial charge in [-0.3, -0.25) is 9.89 Å². The number of rotatable bonds is 2. The number of carbonyl (C=O) groups excluding carboxylic acids is 1. The molecule has 0 saturated carbocycles. The Morgan fingerprint density at radius 3 is 2.70 bits per heavy atom. The summed E-state index contributed by atoms with van der Waals surface area (Å²) in [5.74, 6) is 1.45. The summed E-state index contributed by atoms with van der Waals surface area (Å²) in [5, 5.41) is 6.90. The lowest BCUT2D eigenvalue weighted by Crippen LogP contribution is -2.31. The Hall–Kier alpha value is -2.21. The van der Waals surface area contributed by atoms with Crippen LogP contribution in [0.1, 0.15) is 22.6 Å². The summed E-state index contributed by atoms with van der Waals surface area (Å²) in [6, 6.07) is 7.47. The van der Waals surface area contributed by atoms with Gasteiger partial charge in [0, 0.05) is 30.3 Å². The first-order chi connectivity index (χ1) is 9.63. The minimum Gasteiger partial charge on any atom is -0.337 e. The molecule has 0 spiro atoms. The number of aromatic nitrogens is 3. The molecule has 3 N–H and O–H groups in total. The lowest BCUT2D eigenvalue weighted by molar-refractivity contribution is 0.0791. The fourth-order valence-electron chi connectivity index (χ4n) is 2.39. The molecule has 0 radical (unpaired) electrons. The zero-order valence-corrected chi connectivity index (χ0v) is 11.3. The van der Waals surface area contributed by atoms with Gasteiger partial charge in [-0.2, -0.15) is 5.10 Å². The van der Waals surface area contributed by atoms with E-state index in [4.69, 9.17) is 5.73 Å². The molecule has 2 heterocycles. The van der Waals surface area contributed by atoms with Crippen LogP contribution in [0.4, 0.5) is 0 Å². The zero-order valence-electron chi connectivity index (χ0n) is 11.3. The van der Waals surface area contributed by atoms with Gasteiger partial charge in [-0.05, 0) is 25.5 Å². The van der Waals surface area contributed by atoms with E-state index in [0.29, 0.717) is 17.9 Å². The summed E-state index contributed by atoms with van der Waals surface area (Å²) in [6.45, 7) is 3.23. The van der Waals surface area contributed by atoms with Crippen molar-refractivity contribution in [3.63, 3.8) is 0 Å². The van der Waals surface area contributed by atoms with Crippen LogP contribution in [0.5, 0.6) is 0 Å². The number of aromatic amines is 1. The number of likely N-dealkylation sites (tertiary alicyclic amines) is 1. The van der Waals surface area contributed by atoms with E-state index in [9.17, 15) is 4.79 Å². The van der Waals surface area contributed by atoms with E-state index in [2.05, 4.69) is 15.2 Å². The van der Waals surface area contributed by atoms with Crippen LogP contribution in [0.15, 0.2) is 24.3 Å². The van der Waals surface area contributed by atoms with Crippen LogP contribution in [0.25, 0.3) is 11.4 Å². The first-order valence-corrected chi connectivity index (χ1v) is 6.68. The lowest BCUT2D eigenvalue weighted by atomic mass is 10.1. The Bertz CT molecular complexity index is 619. The molecule has 0 unspecified atom stereocenters. The topological polar surface area (TPSA) is 87.9 Å². The van der Waals surface area contributed by atoms with Gasteiger partial charge in [-0.25, -0.2) is 4.98 Å². The van der Waals surface area contributed by atoms with Gasteiger partial charge < -0.3 is 10.6 Å². The maximum atomic E-state index is 12.3. The number of amides is 1. The average Bonchev–Trinajstić information content (AvgIpc) is 3.07. The fourth-order valence-corrected chi connectivity index (χ4v) is 2.39. The van der Waals surface area contributed by atoms with Crippen LogP contribution < -0.4 is 5.73 Å². The summed E-state index contributed by atoms with van der Waals surface area (Å²) in [5.41, 5.74) is 7.40. The van der Waals surface area contributed by atoms with Crippen molar-refractivity contribution in [3.05, 3.63) is 35.7 Å². The Labute approximate surface area is 117 Å². The number of nitrogens with two attached hydrogens (primary N) is 1. The van der Waals surface area contributed by atoms with E-state index < -0.39 is 0 Å². The minimum atomic E-state index is 0.0377. The molecule has 3 rings (SSSR count). The van der Waals surface area contributed by atoms with Gasteiger partial charge >= 0.3 is 0 Å². The van der Waals surface area contributed by atoms with Crippen LogP contribution in [0.3, 0.4) is 0 Å². The molecule has 2 aromatic rings. The highest BCUT2D eigenvalue weighted by molar-refractivity contribution is 5.94. The highest BCUT2D eigenvalue weighted by Gasteiger charge is 2.24.